The standard InChI is InChI=1S/C9H14N2O4/c1-3-9(4-2,7(13)14)11-6(12)5-10-8(11)15/h3-5H2,1-2H3,(H,10,15)(H,13,14). The maximum atomic E-state index is 11.4. The Kier molecular flexibility index (Phi) is 2.97. The van der Waals surface area contributed by atoms with Crippen LogP contribution in [0.4, 0.5) is 4.79 Å². The fourth-order valence-corrected chi connectivity index (χ4v) is 1.82. The molecule has 3 amide bonds. The van der Waals surface area contributed by atoms with Gasteiger partial charge in [-0.05, 0) is 12.8 Å². The van der Waals surface area contributed by atoms with Crippen molar-refractivity contribution in [1.82, 2.24) is 10.2 Å². The molecule has 0 radical (unpaired) electrons. The average molecular weight is 214 g/mol. The maximum Gasteiger partial charge on any atom is 0.330 e. The second-order valence-electron chi connectivity index (χ2n) is 3.43. The van der Waals surface area contributed by atoms with Crippen LogP contribution in [0.5, 0.6) is 0 Å². The lowest BCUT2D eigenvalue weighted by Gasteiger charge is -2.34. The summed E-state index contributed by atoms with van der Waals surface area (Å²) in [5.41, 5.74) is -1.41. The Bertz CT molecular complexity index is 293. The molecule has 0 saturated carbocycles. The summed E-state index contributed by atoms with van der Waals surface area (Å²) < 4.78 is 0. The molecule has 0 aliphatic carbocycles. The minimum atomic E-state index is -1.41. The first-order valence-electron chi connectivity index (χ1n) is 4.84. The predicted octanol–water partition coefficient (Wildman–Crippen LogP) is 0.182. The molecule has 0 aromatic heterocycles. The van der Waals surface area contributed by atoms with Crippen LogP contribution >= 0.6 is 0 Å². The van der Waals surface area contributed by atoms with Crippen molar-refractivity contribution in [3.8, 4) is 0 Å². The van der Waals surface area contributed by atoms with Crippen LogP contribution in [0, 0.1) is 0 Å². The van der Waals surface area contributed by atoms with Crippen LogP contribution in [-0.4, -0.2) is 40.0 Å². The average Bonchev–Trinajstić information content (AvgIpc) is 2.52. The summed E-state index contributed by atoms with van der Waals surface area (Å²) in [6.45, 7) is 3.18. The number of carbonyl (C=O) groups is 3. The number of amides is 3. The highest BCUT2D eigenvalue weighted by molar-refractivity contribution is 6.06. The zero-order chi connectivity index (χ0) is 11.6. The van der Waals surface area contributed by atoms with Gasteiger partial charge in [-0.25, -0.2) is 14.5 Å². The topological polar surface area (TPSA) is 86.7 Å². The molecule has 1 heterocycles. The third-order valence-corrected chi connectivity index (χ3v) is 2.84. The SMILES string of the molecule is CCC(CC)(C(=O)O)N1C(=O)CNC1=O. The van der Waals surface area contributed by atoms with Crippen LogP contribution < -0.4 is 5.32 Å². The summed E-state index contributed by atoms with van der Waals surface area (Å²) in [4.78, 5) is 34.8. The fourth-order valence-electron chi connectivity index (χ4n) is 1.82. The number of nitrogens with one attached hydrogen (secondary N) is 1. The van der Waals surface area contributed by atoms with Gasteiger partial charge in [-0.15, -0.1) is 0 Å². The number of nitrogens with zero attached hydrogens (tertiary/aromatic N) is 1. The Hall–Kier alpha value is -1.59. The van der Waals surface area contributed by atoms with Gasteiger partial charge in [-0.3, -0.25) is 4.79 Å². The second-order valence-corrected chi connectivity index (χ2v) is 3.43. The van der Waals surface area contributed by atoms with Crippen LogP contribution in [0.1, 0.15) is 26.7 Å². The van der Waals surface area contributed by atoms with E-state index in [1.54, 1.807) is 13.8 Å². The van der Waals surface area contributed by atoms with E-state index in [-0.39, 0.29) is 19.4 Å². The summed E-state index contributed by atoms with van der Waals surface area (Å²) >= 11 is 0. The molecule has 0 unspecified atom stereocenters. The lowest BCUT2D eigenvalue weighted by Crippen LogP contribution is -2.56. The van der Waals surface area contributed by atoms with E-state index in [1.165, 1.54) is 0 Å². The minimum Gasteiger partial charge on any atom is -0.479 e. The predicted molar refractivity (Wildman–Crippen MR) is 51.2 cm³/mol. The minimum absolute atomic E-state index is 0.117. The molecular weight excluding hydrogens is 200 g/mol. The molecule has 1 saturated heterocycles. The molecule has 0 bridgehead atoms. The van der Waals surface area contributed by atoms with E-state index >= 15 is 0 Å². The molecule has 6 nitrogen and oxygen atoms in total. The Balaban J connectivity index is 3.13. The normalized spacial score (nSPS) is 16.8. The Morgan fingerprint density at radius 2 is 2.00 bits per heavy atom. The van der Waals surface area contributed by atoms with E-state index in [9.17, 15) is 14.4 Å². The molecule has 2 N–H and O–H groups in total. The molecular formula is C9H14N2O4. The van der Waals surface area contributed by atoms with Crippen molar-refractivity contribution in [2.45, 2.75) is 32.2 Å². The third-order valence-electron chi connectivity index (χ3n) is 2.84. The smallest absolute Gasteiger partial charge is 0.330 e. The first kappa shape index (κ1) is 11.5. The number of rotatable bonds is 4. The van der Waals surface area contributed by atoms with Gasteiger partial charge in [0.05, 0.1) is 6.54 Å². The van der Waals surface area contributed by atoms with E-state index in [0.717, 1.165) is 4.90 Å². The van der Waals surface area contributed by atoms with E-state index in [4.69, 9.17) is 5.11 Å². The third kappa shape index (κ3) is 1.55. The molecule has 84 valence electrons. The van der Waals surface area contributed by atoms with Crippen molar-refractivity contribution in [2.24, 2.45) is 0 Å². The summed E-state index contributed by atoms with van der Waals surface area (Å²) in [5.74, 6) is -1.62. The monoisotopic (exact) mass is 214 g/mol. The lowest BCUT2D eigenvalue weighted by molar-refractivity contribution is -0.154. The molecule has 6 heteroatoms. The molecule has 1 aliphatic rings. The van der Waals surface area contributed by atoms with Crippen molar-refractivity contribution in [1.29, 1.82) is 0 Å². The van der Waals surface area contributed by atoms with Gasteiger partial charge in [-0.1, -0.05) is 13.8 Å². The number of urea groups is 1. The highest BCUT2D eigenvalue weighted by atomic mass is 16.4. The molecule has 1 fully saturated rings. The fraction of sp³-hybridized carbons (Fsp3) is 0.667. The highest BCUT2D eigenvalue weighted by Gasteiger charge is 2.49. The van der Waals surface area contributed by atoms with E-state index < -0.39 is 23.4 Å². The Morgan fingerprint density at radius 1 is 1.47 bits per heavy atom. The first-order valence-corrected chi connectivity index (χ1v) is 4.84. The maximum absolute atomic E-state index is 11.4. The van der Waals surface area contributed by atoms with Crippen LogP contribution in [-0.2, 0) is 9.59 Å². The molecule has 1 rings (SSSR count). The number of carbonyl (C=O) groups excluding carboxylic acids is 2. The van der Waals surface area contributed by atoms with Crippen molar-refractivity contribution >= 4 is 17.9 Å². The number of aliphatic carboxylic acids is 1. The van der Waals surface area contributed by atoms with Gasteiger partial charge in [0.25, 0.3) is 5.91 Å². The Labute approximate surface area is 87.2 Å². The number of hydrogen-bond acceptors (Lipinski definition) is 3. The number of hydrogen-bond donors (Lipinski definition) is 2. The lowest BCUT2D eigenvalue weighted by atomic mass is 9.91. The van der Waals surface area contributed by atoms with Crippen LogP contribution in [0.2, 0.25) is 0 Å². The van der Waals surface area contributed by atoms with Gasteiger partial charge in [0.2, 0.25) is 0 Å². The van der Waals surface area contributed by atoms with E-state index in [2.05, 4.69) is 5.32 Å². The molecule has 1 aliphatic heterocycles. The van der Waals surface area contributed by atoms with Gasteiger partial charge in [-0.2, -0.15) is 0 Å². The summed E-state index contributed by atoms with van der Waals surface area (Å²) in [6, 6.07) is -0.619. The summed E-state index contributed by atoms with van der Waals surface area (Å²) in [5, 5.41) is 11.5. The van der Waals surface area contributed by atoms with Crippen LogP contribution in [0.3, 0.4) is 0 Å². The highest BCUT2D eigenvalue weighted by Crippen LogP contribution is 2.26. The van der Waals surface area contributed by atoms with Gasteiger partial charge < -0.3 is 10.4 Å². The number of carboxylic acid groups (broad SMARTS) is 1. The molecule has 0 spiro atoms. The van der Waals surface area contributed by atoms with Crippen molar-refractivity contribution in [3.05, 3.63) is 0 Å². The molecule has 0 aromatic carbocycles. The largest absolute Gasteiger partial charge is 0.479 e. The van der Waals surface area contributed by atoms with E-state index in [1.807, 2.05) is 0 Å². The molecule has 0 atom stereocenters. The van der Waals surface area contributed by atoms with Gasteiger partial charge in [0, 0.05) is 0 Å². The van der Waals surface area contributed by atoms with E-state index in [0.29, 0.717) is 0 Å². The van der Waals surface area contributed by atoms with Crippen molar-refractivity contribution in [2.75, 3.05) is 6.54 Å². The zero-order valence-electron chi connectivity index (χ0n) is 8.74. The zero-order valence-corrected chi connectivity index (χ0v) is 8.74. The van der Waals surface area contributed by atoms with Gasteiger partial charge >= 0.3 is 12.0 Å². The first-order chi connectivity index (χ1) is 6.99. The van der Waals surface area contributed by atoms with Crippen LogP contribution in [0.25, 0.3) is 0 Å². The molecule has 15 heavy (non-hydrogen) atoms. The Morgan fingerprint density at radius 3 is 2.27 bits per heavy atom. The number of imide groups is 1. The van der Waals surface area contributed by atoms with Crippen molar-refractivity contribution in [3.63, 3.8) is 0 Å². The van der Waals surface area contributed by atoms with Crippen LogP contribution in [0.15, 0.2) is 0 Å². The summed E-state index contributed by atoms with van der Waals surface area (Å²) in [6.07, 6.45) is 0.413. The number of carboxylic acids is 1. The summed E-state index contributed by atoms with van der Waals surface area (Å²) in [7, 11) is 0. The van der Waals surface area contributed by atoms with Crippen molar-refractivity contribution < 1.29 is 19.5 Å². The second kappa shape index (κ2) is 3.88. The quantitative estimate of drug-likeness (QED) is 0.653. The van der Waals surface area contributed by atoms with Gasteiger partial charge in [0.1, 0.15) is 5.54 Å². The van der Waals surface area contributed by atoms with Gasteiger partial charge in [0.15, 0.2) is 0 Å². The molecule has 0 aromatic rings.